The third-order valence-corrected chi connectivity index (χ3v) is 4.75. The van der Waals surface area contributed by atoms with Gasteiger partial charge in [0, 0.05) is 18.8 Å². The second-order valence-electron chi connectivity index (χ2n) is 4.85. The molecule has 2 fully saturated rings. The summed E-state index contributed by atoms with van der Waals surface area (Å²) in [6, 6.07) is 0. The van der Waals surface area contributed by atoms with E-state index in [1.165, 1.54) is 31.4 Å². The van der Waals surface area contributed by atoms with Crippen LogP contribution in [0.25, 0.3) is 0 Å². The number of rotatable bonds is 1. The molecular formula is C11H19N3OS. The van der Waals surface area contributed by atoms with Crippen LogP contribution in [0.4, 0.5) is 0 Å². The molecule has 1 spiro atoms. The average Bonchev–Trinajstić information content (AvgIpc) is 2.92. The van der Waals surface area contributed by atoms with Gasteiger partial charge in [0.1, 0.15) is 0 Å². The van der Waals surface area contributed by atoms with E-state index in [1.54, 1.807) is 0 Å². The maximum atomic E-state index is 5.33. The van der Waals surface area contributed by atoms with E-state index in [2.05, 4.69) is 10.4 Å². The van der Waals surface area contributed by atoms with Gasteiger partial charge in [-0.3, -0.25) is 10.4 Å². The second-order valence-corrected chi connectivity index (χ2v) is 5.81. The molecule has 0 aromatic rings. The molecule has 2 heterocycles. The lowest BCUT2D eigenvalue weighted by atomic mass is 10.0. The summed E-state index contributed by atoms with van der Waals surface area (Å²) in [5, 5.41) is 3.35. The predicted octanol–water partition coefficient (Wildman–Crippen LogP) is 1.24. The lowest BCUT2D eigenvalue weighted by Gasteiger charge is -2.27. The quantitative estimate of drug-likeness (QED) is 0.749. The Hall–Kier alpha value is -0.260. The Morgan fingerprint density at radius 2 is 2.00 bits per heavy atom. The highest BCUT2D eigenvalue weighted by molar-refractivity contribution is 8.14. The van der Waals surface area contributed by atoms with Gasteiger partial charge in [-0.2, -0.15) is 0 Å². The van der Waals surface area contributed by atoms with Crippen LogP contribution < -0.4 is 5.43 Å². The molecule has 0 aromatic carbocycles. The van der Waals surface area contributed by atoms with E-state index in [0.717, 1.165) is 31.5 Å². The third kappa shape index (κ3) is 2.21. The zero-order valence-corrected chi connectivity index (χ0v) is 10.4. The highest BCUT2D eigenvalue weighted by atomic mass is 32.2. The Kier molecular flexibility index (Phi) is 3.09. The first-order valence-electron chi connectivity index (χ1n) is 6.18. The zero-order chi connectivity index (χ0) is 10.8. The number of thioether (sulfide) groups is 1. The second kappa shape index (κ2) is 4.55. The summed E-state index contributed by atoms with van der Waals surface area (Å²) in [7, 11) is 0. The first-order chi connectivity index (χ1) is 7.86. The fourth-order valence-electron chi connectivity index (χ4n) is 2.64. The standard InChI is InChI=1S/C11H19N3OS/c1-2-4-11(3-1)9-16-10(12-11)13-14-5-7-15-8-6-14/h1-9H2,(H,12,13). The molecule has 2 aliphatic heterocycles. The van der Waals surface area contributed by atoms with E-state index in [9.17, 15) is 0 Å². The molecule has 0 bridgehead atoms. The predicted molar refractivity (Wildman–Crippen MR) is 66.6 cm³/mol. The van der Waals surface area contributed by atoms with Crippen LogP contribution in [0.5, 0.6) is 0 Å². The summed E-state index contributed by atoms with van der Waals surface area (Å²) in [6.07, 6.45) is 5.28. The van der Waals surface area contributed by atoms with Crippen LogP contribution in [0, 0.1) is 0 Å². The largest absolute Gasteiger partial charge is 0.379 e. The molecule has 0 aromatic heterocycles. The van der Waals surface area contributed by atoms with Gasteiger partial charge < -0.3 is 4.74 Å². The first-order valence-corrected chi connectivity index (χ1v) is 7.17. The van der Waals surface area contributed by atoms with E-state index in [4.69, 9.17) is 9.73 Å². The summed E-state index contributed by atoms with van der Waals surface area (Å²) in [6.45, 7) is 3.59. The molecule has 0 unspecified atom stereocenters. The molecule has 1 N–H and O–H groups in total. The van der Waals surface area contributed by atoms with E-state index in [0.29, 0.717) is 5.54 Å². The lowest BCUT2D eigenvalue weighted by molar-refractivity contribution is 0.0253. The fraction of sp³-hybridized carbons (Fsp3) is 0.909. The maximum Gasteiger partial charge on any atom is 0.171 e. The Bertz CT molecular complexity index is 283. The van der Waals surface area contributed by atoms with Crippen molar-refractivity contribution in [1.29, 1.82) is 0 Å². The number of amidine groups is 1. The van der Waals surface area contributed by atoms with Crippen LogP contribution in [-0.2, 0) is 4.74 Å². The monoisotopic (exact) mass is 241 g/mol. The minimum absolute atomic E-state index is 0.291. The first kappa shape index (κ1) is 10.9. The van der Waals surface area contributed by atoms with Crippen LogP contribution in [0.3, 0.4) is 0 Å². The lowest BCUT2D eigenvalue weighted by Crippen LogP contribution is -2.47. The van der Waals surface area contributed by atoms with Crippen molar-refractivity contribution in [3.8, 4) is 0 Å². The van der Waals surface area contributed by atoms with E-state index >= 15 is 0 Å². The van der Waals surface area contributed by atoms with Crippen LogP contribution in [0.2, 0.25) is 0 Å². The number of nitrogens with one attached hydrogen (secondary N) is 1. The van der Waals surface area contributed by atoms with Crippen molar-refractivity contribution >= 4 is 16.9 Å². The fourth-order valence-corrected chi connectivity index (χ4v) is 3.85. The summed E-state index contributed by atoms with van der Waals surface area (Å²) in [5.41, 5.74) is 3.73. The molecule has 0 radical (unpaired) electrons. The minimum atomic E-state index is 0.291. The van der Waals surface area contributed by atoms with Crippen molar-refractivity contribution in [3.63, 3.8) is 0 Å². The molecule has 4 nitrogen and oxygen atoms in total. The molecule has 16 heavy (non-hydrogen) atoms. The number of ether oxygens (including phenoxy) is 1. The third-order valence-electron chi connectivity index (χ3n) is 3.62. The molecule has 1 saturated carbocycles. The van der Waals surface area contributed by atoms with Crippen LogP contribution >= 0.6 is 11.8 Å². The zero-order valence-electron chi connectivity index (χ0n) is 9.57. The van der Waals surface area contributed by atoms with Gasteiger partial charge in [-0.25, -0.2) is 5.01 Å². The molecule has 0 atom stereocenters. The normalized spacial score (nSPS) is 29.6. The smallest absolute Gasteiger partial charge is 0.171 e. The molecule has 1 saturated heterocycles. The van der Waals surface area contributed by atoms with Gasteiger partial charge in [0.05, 0.1) is 18.8 Å². The highest BCUT2D eigenvalue weighted by Crippen LogP contribution is 2.40. The maximum absolute atomic E-state index is 5.33. The van der Waals surface area contributed by atoms with Crippen LogP contribution in [0.1, 0.15) is 25.7 Å². The SMILES string of the molecule is C1CCC2(C1)CSC(NN1CCOCC1)=N2. The van der Waals surface area contributed by atoms with Gasteiger partial charge in [-0.15, -0.1) is 0 Å². The van der Waals surface area contributed by atoms with Crippen LogP contribution in [0.15, 0.2) is 4.99 Å². The average molecular weight is 241 g/mol. The Balaban J connectivity index is 1.59. The van der Waals surface area contributed by atoms with Gasteiger partial charge in [-0.1, -0.05) is 24.6 Å². The van der Waals surface area contributed by atoms with Crippen molar-refractivity contribution in [2.75, 3.05) is 32.1 Å². The molecule has 1 aliphatic carbocycles. The van der Waals surface area contributed by atoms with Crippen LogP contribution in [-0.4, -0.2) is 47.8 Å². The van der Waals surface area contributed by atoms with Gasteiger partial charge >= 0.3 is 0 Å². The van der Waals surface area contributed by atoms with Gasteiger partial charge in [0.2, 0.25) is 0 Å². The number of hydrogen-bond acceptors (Lipinski definition) is 5. The number of morpholine rings is 1. The van der Waals surface area contributed by atoms with E-state index in [1.807, 2.05) is 11.8 Å². The summed E-state index contributed by atoms with van der Waals surface area (Å²) in [4.78, 5) is 4.90. The van der Waals surface area contributed by atoms with Gasteiger partial charge in [0.25, 0.3) is 0 Å². The van der Waals surface area contributed by atoms with Gasteiger partial charge in [-0.05, 0) is 12.8 Å². The van der Waals surface area contributed by atoms with E-state index in [-0.39, 0.29) is 0 Å². The van der Waals surface area contributed by atoms with Crippen molar-refractivity contribution in [2.24, 2.45) is 4.99 Å². The summed E-state index contributed by atoms with van der Waals surface area (Å²) < 4.78 is 5.33. The molecule has 0 amide bonds. The van der Waals surface area contributed by atoms with Crippen molar-refractivity contribution in [2.45, 2.75) is 31.2 Å². The van der Waals surface area contributed by atoms with E-state index < -0.39 is 0 Å². The topological polar surface area (TPSA) is 36.9 Å². The number of hydrogen-bond donors (Lipinski definition) is 1. The Morgan fingerprint density at radius 3 is 2.75 bits per heavy atom. The molecule has 5 heteroatoms. The Morgan fingerprint density at radius 1 is 1.25 bits per heavy atom. The highest BCUT2D eigenvalue weighted by Gasteiger charge is 2.38. The van der Waals surface area contributed by atoms with Crippen molar-refractivity contribution < 1.29 is 4.74 Å². The van der Waals surface area contributed by atoms with Crippen molar-refractivity contribution in [1.82, 2.24) is 10.4 Å². The summed E-state index contributed by atoms with van der Waals surface area (Å²) >= 11 is 1.89. The number of hydrazine groups is 1. The molecule has 3 aliphatic rings. The van der Waals surface area contributed by atoms with Crippen molar-refractivity contribution in [3.05, 3.63) is 0 Å². The number of nitrogens with zero attached hydrogens (tertiary/aromatic N) is 2. The molecular weight excluding hydrogens is 222 g/mol. The Labute approximate surface area is 101 Å². The number of aliphatic imine (C=N–C) groups is 1. The minimum Gasteiger partial charge on any atom is -0.379 e. The molecule has 90 valence electrons. The molecule has 3 rings (SSSR count). The van der Waals surface area contributed by atoms with Gasteiger partial charge in [0.15, 0.2) is 5.17 Å². The summed E-state index contributed by atoms with van der Waals surface area (Å²) in [5.74, 6) is 1.18.